The van der Waals surface area contributed by atoms with Crippen molar-refractivity contribution in [1.29, 1.82) is 0 Å². The number of benzene rings is 2. The van der Waals surface area contributed by atoms with Crippen molar-refractivity contribution in [2.75, 3.05) is 13.2 Å². The Balaban J connectivity index is 1.77. The molecule has 2 aromatic rings. The highest BCUT2D eigenvalue weighted by Gasteiger charge is 2.13. The Bertz CT molecular complexity index is 808. The number of hydrogen-bond acceptors (Lipinski definition) is 5. The molecule has 0 saturated carbocycles. The molecule has 0 bridgehead atoms. The van der Waals surface area contributed by atoms with Crippen LogP contribution in [-0.4, -0.2) is 31.0 Å². The van der Waals surface area contributed by atoms with Gasteiger partial charge in [-0.25, -0.2) is 9.18 Å². The van der Waals surface area contributed by atoms with E-state index < -0.39 is 30.2 Å². The molecule has 2 rings (SSSR count). The van der Waals surface area contributed by atoms with Gasteiger partial charge in [-0.1, -0.05) is 19.1 Å². The highest BCUT2D eigenvalue weighted by molar-refractivity contribution is 5.96. The predicted molar refractivity (Wildman–Crippen MR) is 94.5 cm³/mol. The molecule has 142 valence electrons. The molecule has 0 spiro atoms. The number of ether oxygens (including phenoxy) is 2. The van der Waals surface area contributed by atoms with Gasteiger partial charge in [-0.2, -0.15) is 0 Å². The molecule has 2 aromatic carbocycles. The van der Waals surface area contributed by atoms with Gasteiger partial charge in [0, 0.05) is 0 Å². The van der Waals surface area contributed by atoms with Gasteiger partial charge in [0.15, 0.2) is 6.61 Å². The Morgan fingerprint density at radius 2 is 1.70 bits per heavy atom. The molecule has 2 N–H and O–H groups in total. The van der Waals surface area contributed by atoms with E-state index >= 15 is 0 Å². The summed E-state index contributed by atoms with van der Waals surface area (Å²) in [6, 6.07) is 11.6. The summed E-state index contributed by atoms with van der Waals surface area (Å²) in [5, 5.41) is 0. The van der Waals surface area contributed by atoms with Gasteiger partial charge < -0.3 is 9.47 Å². The molecule has 0 aromatic heterocycles. The normalized spacial score (nSPS) is 10.0. The van der Waals surface area contributed by atoms with E-state index in [2.05, 4.69) is 0 Å². The zero-order chi connectivity index (χ0) is 19.6. The summed E-state index contributed by atoms with van der Waals surface area (Å²) >= 11 is 0. The van der Waals surface area contributed by atoms with Gasteiger partial charge in [0.05, 0.1) is 17.7 Å². The fourth-order valence-electron chi connectivity index (χ4n) is 2.00. The van der Waals surface area contributed by atoms with Crippen LogP contribution in [0.5, 0.6) is 5.75 Å². The first-order chi connectivity index (χ1) is 13.0. The van der Waals surface area contributed by atoms with Crippen LogP contribution in [0.3, 0.4) is 0 Å². The van der Waals surface area contributed by atoms with Crippen molar-refractivity contribution >= 4 is 17.8 Å². The van der Waals surface area contributed by atoms with E-state index in [0.717, 1.165) is 12.5 Å². The van der Waals surface area contributed by atoms with Crippen LogP contribution in [0.1, 0.15) is 34.1 Å². The Morgan fingerprint density at radius 1 is 1.00 bits per heavy atom. The average Bonchev–Trinajstić information content (AvgIpc) is 2.69. The van der Waals surface area contributed by atoms with E-state index in [4.69, 9.17) is 9.47 Å². The van der Waals surface area contributed by atoms with Crippen LogP contribution in [0.4, 0.5) is 4.39 Å². The Hall–Kier alpha value is -3.42. The van der Waals surface area contributed by atoms with Crippen molar-refractivity contribution in [2.24, 2.45) is 0 Å². The zero-order valence-corrected chi connectivity index (χ0v) is 14.7. The third-order valence-electron chi connectivity index (χ3n) is 3.33. The zero-order valence-electron chi connectivity index (χ0n) is 14.7. The molecule has 2 amide bonds. The summed E-state index contributed by atoms with van der Waals surface area (Å²) < 4.78 is 23.7. The second-order valence-corrected chi connectivity index (χ2v) is 5.43. The van der Waals surface area contributed by atoms with Gasteiger partial charge in [-0.05, 0) is 42.8 Å². The van der Waals surface area contributed by atoms with Crippen LogP contribution in [0.2, 0.25) is 0 Å². The van der Waals surface area contributed by atoms with Gasteiger partial charge in [0.2, 0.25) is 0 Å². The van der Waals surface area contributed by atoms with Gasteiger partial charge in [-0.15, -0.1) is 0 Å². The largest absolute Gasteiger partial charge is 0.494 e. The van der Waals surface area contributed by atoms with Crippen LogP contribution in [0.25, 0.3) is 0 Å². The van der Waals surface area contributed by atoms with E-state index in [1.807, 2.05) is 17.8 Å². The van der Waals surface area contributed by atoms with Crippen molar-refractivity contribution in [3.63, 3.8) is 0 Å². The Kier molecular flexibility index (Phi) is 7.30. The van der Waals surface area contributed by atoms with Crippen molar-refractivity contribution in [3.05, 3.63) is 65.5 Å². The maximum absolute atomic E-state index is 13.5. The SMILES string of the molecule is CCCOc1ccc(C(=O)OCC(=O)NNC(=O)c2ccccc2F)cc1. The van der Waals surface area contributed by atoms with E-state index in [0.29, 0.717) is 12.4 Å². The summed E-state index contributed by atoms with van der Waals surface area (Å²) in [6.07, 6.45) is 0.867. The van der Waals surface area contributed by atoms with Crippen LogP contribution in [0.15, 0.2) is 48.5 Å². The Labute approximate surface area is 155 Å². The second kappa shape index (κ2) is 9.91. The molecule has 8 heteroatoms. The minimum absolute atomic E-state index is 0.222. The fourth-order valence-corrected chi connectivity index (χ4v) is 2.00. The highest BCUT2D eigenvalue weighted by Crippen LogP contribution is 2.13. The third-order valence-corrected chi connectivity index (χ3v) is 3.33. The number of rotatable bonds is 7. The number of carbonyl (C=O) groups is 3. The molecule has 0 atom stereocenters. The number of esters is 1. The van der Waals surface area contributed by atoms with E-state index in [9.17, 15) is 18.8 Å². The van der Waals surface area contributed by atoms with Crippen LogP contribution < -0.4 is 15.6 Å². The molecule has 0 radical (unpaired) electrons. The number of hydrogen-bond donors (Lipinski definition) is 2. The number of amides is 2. The van der Waals surface area contributed by atoms with Crippen molar-refractivity contribution in [1.82, 2.24) is 10.9 Å². The average molecular weight is 374 g/mol. The third kappa shape index (κ3) is 6.10. The summed E-state index contributed by atoms with van der Waals surface area (Å²) in [5.74, 6) is -2.39. The monoisotopic (exact) mass is 374 g/mol. The predicted octanol–water partition coefficient (Wildman–Crippen LogP) is 2.23. The van der Waals surface area contributed by atoms with Gasteiger partial charge in [0.1, 0.15) is 11.6 Å². The van der Waals surface area contributed by atoms with Crippen LogP contribution >= 0.6 is 0 Å². The Morgan fingerprint density at radius 3 is 2.37 bits per heavy atom. The van der Waals surface area contributed by atoms with E-state index in [1.54, 1.807) is 12.1 Å². The smallest absolute Gasteiger partial charge is 0.338 e. The number of hydrazine groups is 1. The van der Waals surface area contributed by atoms with Crippen LogP contribution in [0, 0.1) is 5.82 Å². The molecule has 0 aliphatic heterocycles. The minimum atomic E-state index is -0.824. The highest BCUT2D eigenvalue weighted by atomic mass is 19.1. The minimum Gasteiger partial charge on any atom is -0.494 e. The molecule has 0 aliphatic rings. The quantitative estimate of drug-likeness (QED) is 0.573. The van der Waals surface area contributed by atoms with E-state index in [-0.39, 0.29) is 11.1 Å². The van der Waals surface area contributed by atoms with Crippen molar-refractivity contribution < 1.29 is 28.2 Å². The lowest BCUT2D eigenvalue weighted by atomic mass is 10.2. The fraction of sp³-hybridized carbons (Fsp3) is 0.211. The molecule has 0 saturated heterocycles. The van der Waals surface area contributed by atoms with Crippen molar-refractivity contribution in [3.8, 4) is 5.75 Å². The molecule has 0 aliphatic carbocycles. The number of carbonyl (C=O) groups excluding carboxylic acids is 3. The maximum Gasteiger partial charge on any atom is 0.338 e. The first kappa shape index (κ1) is 19.9. The first-order valence-electron chi connectivity index (χ1n) is 8.25. The molecule has 27 heavy (non-hydrogen) atoms. The molecular formula is C19H19FN2O5. The standard InChI is InChI=1S/C19H19FN2O5/c1-2-11-26-14-9-7-13(8-10-14)19(25)27-12-17(23)21-22-18(24)15-5-3-4-6-16(15)20/h3-10H,2,11-12H2,1H3,(H,21,23)(H,22,24). The molecule has 0 heterocycles. The number of nitrogens with one attached hydrogen (secondary N) is 2. The van der Waals surface area contributed by atoms with Gasteiger partial charge >= 0.3 is 5.97 Å². The summed E-state index contributed by atoms with van der Waals surface area (Å²) in [5.41, 5.74) is 4.12. The lowest BCUT2D eigenvalue weighted by Crippen LogP contribution is -2.43. The molecule has 0 fully saturated rings. The van der Waals surface area contributed by atoms with Crippen LogP contribution in [-0.2, 0) is 9.53 Å². The second-order valence-electron chi connectivity index (χ2n) is 5.43. The maximum atomic E-state index is 13.5. The summed E-state index contributed by atoms with van der Waals surface area (Å²) in [4.78, 5) is 35.3. The lowest BCUT2D eigenvalue weighted by Gasteiger charge is -2.09. The molecule has 0 unspecified atom stereocenters. The molecular weight excluding hydrogens is 355 g/mol. The topological polar surface area (TPSA) is 93.7 Å². The van der Waals surface area contributed by atoms with Gasteiger partial charge in [-0.3, -0.25) is 20.4 Å². The van der Waals surface area contributed by atoms with Gasteiger partial charge in [0.25, 0.3) is 11.8 Å². The summed E-state index contributed by atoms with van der Waals surface area (Å²) in [6.45, 7) is 1.95. The van der Waals surface area contributed by atoms with Crippen molar-refractivity contribution in [2.45, 2.75) is 13.3 Å². The number of halogens is 1. The first-order valence-corrected chi connectivity index (χ1v) is 8.25. The lowest BCUT2D eigenvalue weighted by molar-refractivity contribution is -0.125. The van der Waals surface area contributed by atoms with E-state index in [1.165, 1.54) is 30.3 Å². The molecule has 7 nitrogen and oxygen atoms in total. The summed E-state index contributed by atoms with van der Waals surface area (Å²) in [7, 11) is 0.